The summed E-state index contributed by atoms with van der Waals surface area (Å²) in [5.41, 5.74) is 0.767. The van der Waals surface area contributed by atoms with Crippen molar-refractivity contribution in [1.29, 1.82) is 0 Å². The smallest absolute Gasteiger partial charge is 0.335 e. The van der Waals surface area contributed by atoms with Gasteiger partial charge in [-0.3, -0.25) is 4.79 Å². The summed E-state index contributed by atoms with van der Waals surface area (Å²) >= 11 is 4.62. The first-order valence-electron chi connectivity index (χ1n) is 6.30. The van der Waals surface area contributed by atoms with Crippen LogP contribution in [0.3, 0.4) is 0 Å². The van der Waals surface area contributed by atoms with Gasteiger partial charge in [-0.25, -0.2) is 9.78 Å². The van der Waals surface area contributed by atoms with E-state index in [4.69, 9.17) is 5.11 Å². The minimum absolute atomic E-state index is 0.186. The van der Waals surface area contributed by atoms with Crippen LogP contribution in [0.5, 0.6) is 0 Å². The van der Waals surface area contributed by atoms with Crippen LogP contribution in [0.25, 0.3) is 0 Å². The molecule has 0 amide bonds. The lowest BCUT2D eigenvalue weighted by Crippen LogP contribution is -2.09. The first-order chi connectivity index (χ1) is 9.99. The molecule has 7 heteroatoms. The van der Waals surface area contributed by atoms with E-state index >= 15 is 0 Å². The molecule has 1 aromatic heterocycles. The van der Waals surface area contributed by atoms with Crippen LogP contribution in [-0.4, -0.2) is 21.0 Å². The number of carboxylic acids is 1. The molecule has 110 valence electrons. The number of aromatic carboxylic acids is 1. The Bertz CT molecular complexity index is 730. The number of hydrogen-bond donors (Lipinski definition) is 2. The molecule has 0 fully saturated rings. The minimum Gasteiger partial charge on any atom is -0.478 e. The summed E-state index contributed by atoms with van der Waals surface area (Å²) < 4.78 is 0.649. The van der Waals surface area contributed by atoms with Gasteiger partial charge < -0.3 is 10.1 Å². The SMILES string of the molecule is CCCc1cc(=O)[nH]c(Sc2ccc(C(=O)O)cc2Br)n1. The zero-order chi connectivity index (χ0) is 15.4. The third kappa shape index (κ3) is 4.18. The first kappa shape index (κ1) is 15.8. The van der Waals surface area contributed by atoms with Crippen molar-refractivity contribution in [2.45, 2.75) is 29.8 Å². The van der Waals surface area contributed by atoms with Crippen LogP contribution in [0, 0.1) is 0 Å². The number of hydrogen-bond acceptors (Lipinski definition) is 4. The van der Waals surface area contributed by atoms with Crippen molar-refractivity contribution < 1.29 is 9.90 Å². The second-order valence-electron chi connectivity index (χ2n) is 4.34. The van der Waals surface area contributed by atoms with Gasteiger partial charge in [0.05, 0.1) is 5.56 Å². The highest BCUT2D eigenvalue weighted by Gasteiger charge is 2.10. The molecule has 0 saturated carbocycles. The summed E-state index contributed by atoms with van der Waals surface area (Å²) in [5.74, 6) is -0.983. The average molecular weight is 369 g/mol. The van der Waals surface area contributed by atoms with Crippen molar-refractivity contribution in [3.8, 4) is 0 Å². The zero-order valence-electron chi connectivity index (χ0n) is 11.2. The second kappa shape index (κ2) is 6.91. The normalized spacial score (nSPS) is 10.6. The van der Waals surface area contributed by atoms with Gasteiger partial charge in [0.15, 0.2) is 5.16 Å². The van der Waals surface area contributed by atoms with E-state index in [0.29, 0.717) is 9.63 Å². The number of carbonyl (C=O) groups is 1. The highest BCUT2D eigenvalue weighted by Crippen LogP contribution is 2.32. The van der Waals surface area contributed by atoms with E-state index in [0.717, 1.165) is 23.4 Å². The third-order valence-electron chi connectivity index (χ3n) is 2.66. The molecule has 0 atom stereocenters. The Balaban J connectivity index is 2.29. The van der Waals surface area contributed by atoms with Gasteiger partial charge in [0, 0.05) is 21.1 Å². The number of benzene rings is 1. The highest BCUT2D eigenvalue weighted by molar-refractivity contribution is 9.10. The average Bonchev–Trinajstić information content (AvgIpc) is 2.40. The third-order valence-corrected chi connectivity index (χ3v) is 4.55. The van der Waals surface area contributed by atoms with E-state index in [1.165, 1.54) is 30.0 Å². The quantitative estimate of drug-likeness (QED) is 0.790. The number of rotatable bonds is 5. The summed E-state index contributed by atoms with van der Waals surface area (Å²) in [6.07, 6.45) is 1.66. The van der Waals surface area contributed by atoms with Crippen LogP contribution < -0.4 is 5.56 Å². The Kier molecular flexibility index (Phi) is 5.19. The summed E-state index contributed by atoms with van der Waals surface area (Å²) in [4.78, 5) is 30.4. The Morgan fingerprint density at radius 3 is 2.81 bits per heavy atom. The van der Waals surface area contributed by atoms with E-state index in [2.05, 4.69) is 25.9 Å². The van der Waals surface area contributed by atoms with Gasteiger partial charge >= 0.3 is 5.97 Å². The molecule has 1 heterocycles. The van der Waals surface area contributed by atoms with Crippen molar-refractivity contribution in [1.82, 2.24) is 9.97 Å². The number of aromatic nitrogens is 2. The van der Waals surface area contributed by atoms with Crippen molar-refractivity contribution in [2.75, 3.05) is 0 Å². The van der Waals surface area contributed by atoms with Crippen molar-refractivity contribution in [3.05, 3.63) is 50.3 Å². The van der Waals surface area contributed by atoms with Crippen LogP contribution in [0.2, 0.25) is 0 Å². The maximum Gasteiger partial charge on any atom is 0.335 e. The molecule has 0 radical (unpaired) electrons. The molecular weight excluding hydrogens is 356 g/mol. The Labute approximate surface area is 133 Å². The van der Waals surface area contributed by atoms with E-state index in [-0.39, 0.29) is 11.1 Å². The van der Waals surface area contributed by atoms with E-state index in [9.17, 15) is 9.59 Å². The van der Waals surface area contributed by atoms with Gasteiger partial charge in [0.2, 0.25) is 0 Å². The van der Waals surface area contributed by atoms with Gasteiger partial charge in [0.1, 0.15) is 0 Å². The van der Waals surface area contributed by atoms with Crippen LogP contribution in [0.1, 0.15) is 29.4 Å². The number of halogens is 1. The van der Waals surface area contributed by atoms with Crippen LogP contribution in [-0.2, 0) is 6.42 Å². The fraction of sp³-hybridized carbons (Fsp3) is 0.214. The van der Waals surface area contributed by atoms with Crippen molar-refractivity contribution >= 4 is 33.7 Å². The second-order valence-corrected chi connectivity index (χ2v) is 6.23. The van der Waals surface area contributed by atoms with Crippen molar-refractivity contribution in [2.24, 2.45) is 0 Å². The number of carboxylic acid groups (broad SMARTS) is 1. The summed E-state index contributed by atoms with van der Waals surface area (Å²) in [6, 6.07) is 6.23. The van der Waals surface area contributed by atoms with Gasteiger partial charge in [-0.15, -0.1) is 0 Å². The lowest BCUT2D eigenvalue weighted by Gasteiger charge is -2.06. The number of nitrogens with one attached hydrogen (secondary N) is 1. The van der Waals surface area contributed by atoms with Gasteiger partial charge in [0.25, 0.3) is 5.56 Å². The molecule has 0 spiro atoms. The lowest BCUT2D eigenvalue weighted by atomic mass is 10.2. The maximum atomic E-state index is 11.6. The standard InChI is InChI=1S/C14H13BrN2O3S/c1-2-3-9-7-12(18)17-14(16-9)21-11-5-4-8(13(19)20)6-10(11)15/h4-7H,2-3H2,1H3,(H,19,20)(H,16,17,18). The van der Waals surface area contributed by atoms with E-state index in [1.807, 2.05) is 6.92 Å². The van der Waals surface area contributed by atoms with Crippen LogP contribution in [0.4, 0.5) is 0 Å². The molecule has 2 rings (SSSR count). The highest BCUT2D eigenvalue weighted by atomic mass is 79.9. The Morgan fingerprint density at radius 2 is 2.19 bits per heavy atom. The first-order valence-corrected chi connectivity index (χ1v) is 7.91. The molecule has 0 saturated heterocycles. The fourth-order valence-electron chi connectivity index (χ4n) is 1.74. The molecule has 0 aliphatic carbocycles. The molecular formula is C14H13BrN2O3S. The van der Waals surface area contributed by atoms with Gasteiger partial charge in [-0.05, 0) is 40.5 Å². The molecule has 21 heavy (non-hydrogen) atoms. The van der Waals surface area contributed by atoms with E-state index < -0.39 is 5.97 Å². The number of nitrogens with zero attached hydrogens (tertiary/aromatic N) is 1. The summed E-state index contributed by atoms with van der Waals surface area (Å²) in [7, 11) is 0. The summed E-state index contributed by atoms with van der Waals surface area (Å²) in [6.45, 7) is 2.02. The molecule has 0 bridgehead atoms. The lowest BCUT2D eigenvalue weighted by molar-refractivity contribution is 0.0696. The molecule has 0 aliphatic rings. The molecule has 2 N–H and O–H groups in total. The largest absolute Gasteiger partial charge is 0.478 e. The Hall–Kier alpha value is -1.60. The maximum absolute atomic E-state index is 11.6. The van der Waals surface area contributed by atoms with Gasteiger partial charge in [-0.1, -0.05) is 25.1 Å². The van der Waals surface area contributed by atoms with Crippen LogP contribution in [0.15, 0.2) is 43.6 Å². The number of H-pyrrole nitrogens is 1. The van der Waals surface area contributed by atoms with Crippen LogP contribution >= 0.6 is 27.7 Å². The zero-order valence-corrected chi connectivity index (χ0v) is 13.6. The Morgan fingerprint density at radius 1 is 1.43 bits per heavy atom. The molecule has 1 aromatic carbocycles. The number of aromatic amines is 1. The molecule has 0 aliphatic heterocycles. The van der Waals surface area contributed by atoms with Gasteiger partial charge in [-0.2, -0.15) is 0 Å². The predicted molar refractivity (Wildman–Crippen MR) is 84.1 cm³/mol. The van der Waals surface area contributed by atoms with Crippen molar-refractivity contribution in [3.63, 3.8) is 0 Å². The molecule has 5 nitrogen and oxygen atoms in total. The topological polar surface area (TPSA) is 83.0 Å². The fourth-order valence-corrected chi connectivity index (χ4v) is 3.17. The minimum atomic E-state index is -0.983. The predicted octanol–water partition coefficient (Wildman–Crippen LogP) is 3.33. The molecule has 2 aromatic rings. The molecule has 0 unspecified atom stereocenters. The summed E-state index contributed by atoms with van der Waals surface area (Å²) in [5, 5.41) is 9.43. The van der Waals surface area contributed by atoms with E-state index in [1.54, 1.807) is 6.07 Å². The number of aryl methyl sites for hydroxylation is 1. The monoisotopic (exact) mass is 368 g/mol.